The molecule has 1 aromatic carbocycles. The molecule has 1 fully saturated rings. The van der Waals surface area contributed by atoms with Crippen LogP contribution >= 0.6 is 11.3 Å². The van der Waals surface area contributed by atoms with Gasteiger partial charge >= 0.3 is 5.97 Å². The van der Waals surface area contributed by atoms with Crippen molar-refractivity contribution >= 4 is 17.3 Å². The first-order valence-corrected chi connectivity index (χ1v) is 11.5. The van der Waals surface area contributed by atoms with Crippen LogP contribution in [0, 0.1) is 12.3 Å². The van der Waals surface area contributed by atoms with Crippen LogP contribution in [0.2, 0.25) is 0 Å². The molecule has 1 aliphatic rings. The first kappa shape index (κ1) is 20.8. The van der Waals surface area contributed by atoms with Crippen LogP contribution in [0.5, 0.6) is 0 Å². The molecule has 0 N–H and O–H groups in total. The first-order valence-electron chi connectivity index (χ1n) is 10.5. The van der Waals surface area contributed by atoms with Gasteiger partial charge in [0.1, 0.15) is 11.5 Å². The Kier molecular flexibility index (Phi) is 6.35. The van der Waals surface area contributed by atoms with Crippen molar-refractivity contribution in [1.29, 1.82) is 0 Å². The smallest absolute Gasteiger partial charge is 0.312 e. The van der Waals surface area contributed by atoms with Crippen LogP contribution in [0.1, 0.15) is 36.7 Å². The van der Waals surface area contributed by atoms with Gasteiger partial charge in [0.05, 0.1) is 12.0 Å². The van der Waals surface area contributed by atoms with E-state index in [4.69, 9.17) is 9.26 Å². The molecule has 0 saturated carbocycles. The van der Waals surface area contributed by atoms with Gasteiger partial charge in [-0.1, -0.05) is 29.4 Å². The summed E-state index contributed by atoms with van der Waals surface area (Å²) in [5.74, 6) is 0.626. The van der Waals surface area contributed by atoms with Crippen LogP contribution in [-0.4, -0.2) is 35.7 Å². The Morgan fingerprint density at radius 1 is 1.27 bits per heavy atom. The van der Waals surface area contributed by atoms with Crippen LogP contribution in [-0.2, 0) is 22.5 Å². The predicted octanol–water partition coefficient (Wildman–Crippen LogP) is 5.10. The summed E-state index contributed by atoms with van der Waals surface area (Å²) in [6, 6.07) is 12.3. The van der Waals surface area contributed by atoms with Crippen LogP contribution in [0.25, 0.3) is 11.3 Å². The Hall–Kier alpha value is -2.44. The number of carbonyl (C=O) groups is 1. The van der Waals surface area contributed by atoms with Crippen LogP contribution in [0.4, 0.5) is 0 Å². The maximum absolute atomic E-state index is 13.0. The summed E-state index contributed by atoms with van der Waals surface area (Å²) in [5.41, 5.74) is 3.81. The molecule has 2 aromatic heterocycles. The molecule has 0 atom stereocenters. The number of hydrogen-bond acceptors (Lipinski definition) is 6. The lowest BCUT2D eigenvalue weighted by atomic mass is 9.74. The fourth-order valence-electron chi connectivity index (χ4n) is 4.23. The average Bonchev–Trinajstić information content (AvgIpc) is 3.42. The van der Waals surface area contributed by atoms with Crippen molar-refractivity contribution in [2.75, 3.05) is 19.7 Å². The third kappa shape index (κ3) is 4.50. The summed E-state index contributed by atoms with van der Waals surface area (Å²) in [7, 11) is 0. The standard InChI is InChI=1S/C24H28N2O3S/c1-3-28-23(27)24(9-11-26(12-10-24)16-19-8-13-30-17-19)15-20-14-22(25-29-20)21-7-5-4-6-18(21)2/h4-8,13-14,17H,3,9-12,15-16H2,1-2H3. The number of aryl methyl sites for hydroxylation is 1. The SMILES string of the molecule is CCOC(=O)C1(Cc2cc(-c3ccccc3C)no2)CCN(Cc2ccsc2)CC1. The minimum absolute atomic E-state index is 0.117. The predicted molar refractivity (Wildman–Crippen MR) is 118 cm³/mol. The molecule has 4 rings (SSSR count). The largest absolute Gasteiger partial charge is 0.466 e. The Morgan fingerprint density at radius 2 is 2.07 bits per heavy atom. The van der Waals surface area contributed by atoms with Gasteiger partial charge in [-0.3, -0.25) is 9.69 Å². The Labute approximate surface area is 181 Å². The van der Waals surface area contributed by atoms with Crippen molar-refractivity contribution in [2.45, 2.75) is 39.7 Å². The van der Waals surface area contributed by atoms with Gasteiger partial charge in [-0.25, -0.2) is 0 Å². The maximum Gasteiger partial charge on any atom is 0.312 e. The highest BCUT2D eigenvalue weighted by atomic mass is 32.1. The van der Waals surface area contributed by atoms with Gasteiger partial charge in [0.15, 0.2) is 0 Å². The molecule has 5 nitrogen and oxygen atoms in total. The van der Waals surface area contributed by atoms with Crippen molar-refractivity contribution in [2.24, 2.45) is 5.41 Å². The number of thiophene rings is 1. The van der Waals surface area contributed by atoms with E-state index in [1.165, 1.54) is 5.56 Å². The van der Waals surface area contributed by atoms with Gasteiger partial charge < -0.3 is 9.26 Å². The summed E-state index contributed by atoms with van der Waals surface area (Å²) >= 11 is 1.72. The van der Waals surface area contributed by atoms with Crippen LogP contribution < -0.4 is 0 Å². The summed E-state index contributed by atoms with van der Waals surface area (Å²) in [4.78, 5) is 15.4. The van der Waals surface area contributed by atoms with E-state index in [1.807, 2.05) is 31.2 Å². The summed E-state index contributed by atoms with van der Waals surface area (Å²) in [5, 5.41) is 8.58. The molecule has 30 heavy (non-hydrogen) atoms. The molecule has 158 valence electrons. The second-order valence-electron chi connectivity index (χ2n) is 8.08. The number of esters is 1. The van der Waals surface area contributed by atoms with Gasteiger partial charge in [0, 0.05) is 24.6 Å². The van der Waals surface area contributed by atoms with Gasteiger partial charge in [-0.2, -0.15) is 11.3 Å². The van der Waals surface area contributed by atoms with E-state index in [0.29, 0.717) is 13.0 Å². The average molecular weight is 425 g/mol. The van der Waals surface area contributed by atoms with Gasteiger partial charge in [-0.05, 0) is 67.7 Å². The summed E-state index contributed by atoms with van der Waals surface area (Å²) in [6.07, 6.45) is 2.05. The topological polar surface area (TPSA) is 55.6 Å². The van der Waals surface area contributed by atoms with Crippen LogP contribution in [0.15, 0.2) is 51.7 Å². The minimum atomic E-state index is -0.552. The van der Waals surface area contributed by atoms with Gasteiger partial charge in [0.2, 0.25) is 0 Å². The number of aromatic nitrogens is 1. The number of ether oxygens (including phenoxy) is 1. The van der Waals surface area contributed by atoms with Gasteiger partial charge in [-0.15, -0.1) is 0 Å². The second-order valence-corrected chi connectivity index (χ2v) is 8.86. The lowest BCUT2D eigenvalue weighted by Crippen LogP contribution is -2.46. The second kappa shape index (κ2) is 9.14. The zero-order valence-corrected chi connectivity index (χ0v) is 18.4. The van der Waals surface area contributed by atoms with Crippen molar-refractivity contribution in [3.05, 3.63) is 64.0 Å². The monoisotopic (exact) mass is 424 g/mol. The Bertz CT molecular complexity index is 972. The van der Waals surface area contributed by atoms with E-state index in [2.05, 4.69) is 39.9 Å². The van der Waals surface area contributed by atoms with E-state index in [0.717, 1.165) is 55.1 Å². The molecule has 1 saturated heterocycles. The third-order valence-corrected chi connectivity index (χ3v) is 6.73. The van der Waals surface area contributed by atoms with Crippen molar-refractivity contribution in [3.8, 4) is 11.3 Å². The zero-order valence-electron chi connectivity index (χ0n) is 17.6. The fraction of sp³-hybridized carbons (Fsp3) is 0.417. The van der Waals surface area contributed by atoms with E-state index in [1.54, 1.807) is 11.3 Å². The summed E-state index contributed by atoms with van der Waals surface area (Å²) in [6.45, 7) is 6.99. The van der Waals surface area contributed by atoms with Crippen LogP contribution in [0.3, 0.4) is 0 Å². The number of benzene rings is 1. The molecule has 3 heterocycles. The van der Waals surface area contributed by atoms with Gasteiger partial charge in [0.25, 0.3) is 0 Å². The number of nitrogens with zero attached hydrogens (tertiary/aromatic N) is 2. The number of likely N-dealkylation sites (tertiary alicyclic amines) is 1. The Morgan fingerprint density at radius 3 is 2.77 bits per heavy atom. The molecule has 0 aliphatic carbocycles. The molecule has 0 bridgehead atoms. The molecule has 3 aromatic rings. The molecular weight excluding hydrogens is 396 g/mol. The molecule has 0 amide bonds. The van der Waals surface area contributed by atoms with E-state index in [-0.39, 0.29) is 5.97 Å². The lowest BCUT2D eigenvalue weighted by Gasteiger charge is -2.39. The maximum atomic E-state index is 13.0. The highest BCUT2D eigenvalue weighted by molar-refractivity contribution is 7.07. The molecule has 0 spiro atoms. The number of carbonyl (C=O) groups excluding carboxylic acids is 1. The normalized spacial score (nSPS) is 16.5. The molecular formula is C24H28N2O3S. The summed E-state index contributed by atoms with van der Waals surface area (Å²) < 4.78 is 11.2. The number of hydrogen-bond donors (Lipinski definition) is 0. The molecule has 6 heteroatoms. The van der Waals surface area contributed by atoms with Crippen molar-refractivity contribution < 1.29 is 14.1 Å². The first-order chi connectivity index (χ1) is 14.6. The molecule has 0 unspecified atom stereocenters. The highest BCUT2D eigenvalue weighted by Crippen LogP contribution is 2.38. The Balaban J connectivity index is 1.50. The van der Waals surface area contributed by atoms with E-state index < -0.39 is 5.41 Å². The number of rotatable bonds is 7. The third-order valence-electron chi connectivity index (χ3n) is 6.00. The zero-order chi connectivity index (χ0) is 21.0. The number of piperidine rings is 1. The lowest BCUT2D eigenvalue weighted by molar-refractivity contribution is -0.159. The molecule has 0 radical (unpaired) electrons. The quantitative estimate of drug-likeness (QED) is 0.494. The molecule has 1 aliphatic heterocycles. The fourth-order valence-corrected chi connectivity index (χ4v) is 4.89. The van der Waals surface area contributed by atoms with Crippen molar-refractivity contribution in [1.82, 2.24) is 10.1 Å². The van der Waals surface area contributed by atoms with E-state index >= 15 is 0 Å². The highest BCUT2D eigenvalue weighted by Gasteiger charge is 2.43. The van der Waals surface area contributed by atoms with Crippen molar-refractivity contribution in [3.63, 3.8) is 0 Å². The minimum Gasteiger partial charge on any atom is -0.466 e. The van der Waals surface area contributed by atoms with E-state index in [9.17, 15) is 4.79 Å².